The summed E-state index contributed by atoms with van der Waals surface area (Å²) < 4.78 is 0. The zero-order valence-corrected chi connectivity index (χ0v) is 19.6. The van der Waals surface area contributed by atoms with Crippen molar-refractivity contribution in [1.82, 2.24) is 25.3 Å². The highest BCUT2D eigenvalue weighted by molar-refractivity contribution is 5.97. The van der Waals surface area contributed by atoms with Crippen LogP contribution in [0.3, 0.4) is 0 Å². The van der Waals surface area contributed by atoms with Crippen LogP contribution in [0.5, 0.6) is 0 Å². The van der Waals surface area contributed by atoms with Gasteiger partial charge in [-0.1, -0.05) is 0 Å². The maximum atomic E-state index is 12.4. The molecule has 17 heteroatoms. The Hall–Kier alpha value is -4.71. The topological polar surface area (TPSA) is 337 Å². The van der Waals surface area contributed by atoms with E-state index in [0.717, 1.165) is 5.69 Å². The molecule has 37 heavy (non-hydrogen) atoms. The molecule has 1 amide bonds. The third kappa shape index (κ3) is 8.78. The predicted molar refractivity (Wildman–Crippen MR) is 133 cm³/mol. The summed E-state index contributed by atoms with van der Waals surface area (Å²) in [7, 11) is 1.82. The van der Waals surface area contributed by atoms with Gasteiger partial charge in [0.05, 0.1) is 18.4 Å². The first-order valence-electron chi connectivity index (χ1n) is 9.75. The van der Waals surface area contributed by atoms with Gasteiger partial charge in [0.15, 0.2) is 17.0 Å². The Morgan fingerprint density at radius 2 is 1.62 bits per heavy atom. The number of aliphatic carboxylic acids is 2. The summed E-state index contributed by atoms with van der Waals surface area (Å²) in [4.78, 5) is 52.7. The number of fused-ring (bicyclic) bond motifs is 1. The van der Waals surface area contributed by atoms with E-state index in [0.29, 0.717) is 23.4 Å². The molecule has 0 aliphatic rings. The number of nitrogens with two attached hydrogens (primary N) is 2. The normalized spacial score (nSPS) is 10.4. The average molecular weight is 527 g/mol. The van der Waals surface area contributed by atoms with E-state index in [9.17, 15) is 19.5 Å². The fourth-order valence-electron chi connectivity index (χ4n) is 3.03. The van der Waals surface area contributed by atoms with Crippen LogP contribution in [0.15, 0.2) is 30.5 Å². The van der Waals surface area contributed by atoms with Crippen LogP contribution in [0.2, 0.25) is 0 Å². The standard InChI is InChI=1S/C20H22N8O5.4H2O/c1-28(9-11-8-23-17-15(24-11)16(21)26-20(22)27-17)12-4-2-10(3-5-12)18(31)25-13(19(32)33)6-7-14(29)30;;;;/h2-5,8,13H,6-7,9H2,1H3,(H,25,31)(H,29,30)(H,32,33)(H4,21,22,23,26,27);4*1H2/t13-;;;;/m0..../s1. The average Bonchev–Trinajstić information content (AvgIpc) is 2.76. The molecule has 17 nitrogen and oxygen atoms in total. The second-order valence-electron chi connectivity index (χ2n) is 7.20. The van der Waals surface area contributed by atoms with Gasteiger partial charge in [0.2, 0.25) is 5.95 Å². The molecule has 0 saturated carbocycles. The Kier molecular flexibility index (Phi) is 13.6. The number of benzene rings is 1. The number of hydrogen-bond donors (Lipinski definition) is 5. The number of nitrogens with one attached hydrogen (secondary N) is 1. The number of amides is 1. The fourth-order valence-corrected chi connectivity index (χ4v) is 3.03. The second-order valence-corrected chi connectivity index (χ2v) is 7.20. The third-order valence-corrected chi connectivity index (χ3v) is 4.72. The molecular weight excluding hydrogens is 496 g/mol. The Bertz CT molecular complexity index is 1210. The number of carbonyl (C=O) groups excluding carboxylic acids is 1. The Morgan fingerprint density at radius 1 is 1.00 bits per heavy atom. The zero-order chi connectivity index (χ0) is 24.1. The lowest BCUT2D eigenvalue weighted by molar-refractivity contribution is -0.140. The lowest BCUT2D eigenvalue weighted by atomic mass is 10.1. The first-order valence-corrected chi connectivity index (χ1v) is 9.75. The quantitative estimate of drug-likeness (QED) is 0.186. The molecule has 0 aliphatic heterocycles. The Labute approximate surface area is 209 Å². The van der Waals surface area contributed by atoms with Crippen molar-refractivity contribution in [3.63, 3.8) is 0 Å². The van der Waals surface area contributed by atoms with Crippen LogP contribution in [0.1, 0.15) is 28.9 Å². The van der Waals surface area contributed by atoms with Gasteiger partial charge in [0, 0.05) is 24.7 Å². The van der Waals surface area contributed by atoms with Crippen molar-refractivity contribution in [2.75, 3.05) is 23.4 Å². The minimum Gasteiger partial charge on any atom is -0.481 e. The van der Waals surface area contributed by atoms with E-state index in [-0.39, 0.29) is 52.1 Å². The van der Waals surface area contributed by atoms with E-state index in [1.54, 1.807) is 18.3 Å². The summed E-state index contributed by atoms with van der Waals surface area (Å²) in [6.45, 7) is 0.370. The van der Waals surface area contributed by atoms with Gasteiger partial charge in [-0.05, 0) is 30.7 Å². The van der Waals surface area contributed by atoms with Crippen LogP contribution in [-0.4, -0.2) is 83.0 Å². The van der Waals surface area contributed by atoms with Gasteiger partial charge < -0.3 is 53.8 Å². The lowest BCUT2D eigenvalue weighted by Crippen LogP contribution is -2.41. The van der Waals surface area contributed by atoms with Gasteiger partial charge in [-0.25, -0.2) is 14.8 Å². The number of hydrogen-bond acceptors (Lipinski definition) is 10. The molecule has 3 aromatic rings. The number of rotatable bonds is 9. The molecule has 1 aromatic carbocycles. The molecule has 0 bridgehead atoms. The van der Waals surface area contributed by atoms with Gasteiger partial charge in [0.25, 0.3) is 5.91 Å². The highest BCUT2D eigenvalue weighted by Gasteiger charge is 2.21. The second kappa shape index (κ2) is 14.6. The molecule has 0 saturated heterocycles. The van der Waals surface area contributed by atoms with E-state index < -0.39 is 23.9 Å². The van der Waals surface area contributed by atoms with E-state index >= 15 is 0 Å². The molecule has 0 spiro atoms. The molecule has 0 unspecified atom stereocenters. The minimum atomic E-state index is -1.30. The number of carboxylic acids is 2. The summed E-state index contributed by atoms with van der Waals surface area (Å²) in [5.74, 6) is -2.91. The van der Waals surface area contributed by atoms with Crippen LogP contribution >= 0.6 is 0 Å². The van der Waals surface area contributed by atoms with E-state index in [1.165, 1.54) is 12.1 Å². The molecule has 2 heterocycles. The fraction of sp³-hybridized carbons (Fsp3) is 0.250. The number of nitrogens with zero attached hydrogens (tertiary/aromatic N) is 5. The van der Waals surface area contributed by atoms with Gasteiger partial charge in [-0.15, -0.1) is 0 Å². The molecule has 0 aliphatic carbocycles. The largest absolute Gasteiger partial charge is 0.481 e. The lowest BCUT2D eigenvalue weighted by Gasteiger charge is -2.19. The smallest absolute Gasteiger partial charge is 0.326 e. The zero-order valence-electron chi connectivity index (χ0n) is 19.6. The number of nitrogen functional groups attached to an aromatic ring is 2. The molecule has 1 atom stereocenters. The van der Waals surface area contributed by atoms with Gasteiger partial charge in [-0.2, -0.15) is 9.97 Å². The van der Waals surface area contributed by atoms with E-state index in [4.69, 9.17) is 16.6 Å². The Morgan fingerprint density at radius 3 is 2.19 bits per heavy atom. The number of aromatic nitrogens is 4. The van der Waals surface area contributed by atoms with E-state index in [2.05, 4.69) is 25.3 Å². The highest BCUT2D eigenvalue weighted by Crippen LogP contribution is 2.19. The minimum absolute atomic E-state index is 0. The van der Waals surface area contributed by atoms with Crippen LogP contribution in [-0.2, 0) is 16.1 Å². The van der Waals surface area contributed by atoms with Crippen LogP contribution < -0.4 is 21.7 Å². The molecule has 2 aromatic heterocycles. The molecule has 204 valence electrons. The van der Waals surface area contributed by atoms with Crippen LogP contribution in [0.4, 0.5) is 17.5 Å². The van der Waals surface area contributed by atoms with Gasteiger partial charge in [-0.3, -0.25) is 9.59 Å². The van der Waals surface area contributed by atoms with Crippen molar-refractivity contribution < 1.29 is 46.5 Å². The van der Waals surface area contributed by atoms with Crippen molar-refractivity contribution in [3.8, 4) is 0 Å². The highest BCUT2D eigenvalue weighted by atomic mass is 16.4. The predicted octanol–water partition coefficient (Wildman–Crippen LogP) is -3.03. The number of carbonyl (C=O) groups is 3. The number of carboxylic acid groups (broad SMARTS) is 2. The summed E-state index contributed by atoms with van der Waals surface area (Å²) in [6.07, 6.45) is 0.964. The van der Waals surface area contributed by atoms with Gasteiger partial charge >= 0.3 is 11.9 Å². The maximum absolute atomic E-state index is 12.4. The van der Waals surface area contributed by atoms with Crippen LogP contribution in [0, 0.1) is 0 Å². The van der Waals surface area contributed by atoms with E-state index in [1.807, 2.05) is 11.9 Å². The van der Waals surface area contributed by atoms with Gasteiger partial charge in [0.1, 0.15) is 6.04 Å². The molecule has 3 rings (SSSR count). The number of anilines is 3. The van der Waals surface area contributed by atoms with Crippen molar-refractivity contribution in [2.45, 2.75) is 25.4 Å². The molecule has 0 fully saturated rings. The first-order chi connectivity index (χ1) is 15.6. The van der Waals surface area contributed by atoms with Crippen LogP contribution in [0.25, 0.3) is 11.2 Å². The summed E-state index contributed by atoms with van der Waals surface area (Å²) in [5.41, 5.74) is 13.7. The molecular formula is C20H30N8O9. The summed E-state index contributed by atoms with van der Waals surface area (Å²) >= 11 is 0. The maximum Gasteiger partial charge on any atom is 0.326 e. The SMILES string of the molecule is CN(Cc1cnc2nc(N)nc(N)c2n1)c1ccc(C(=O)N[C@@H](CCC(=O)O)C(=O)O)cc1.O.O.O.O. The molecule has 0 radical (unpaired) electrons. The first kappa shape index (κ1) is 34.5. The summed E-state index contributed by atoms with van der Waals surface area (Å²) in [5, 5.41) is 20.2. The van der Waals surface area contributed by atoms with Crippen molar-refractivity contribution >= 4 is 46.5 Å². The van der Waals surface area contributed by atoms with Crippen molar-refractivity contribution in [1.29, 1.82) is 0 Å². The monoisotopic (exact) mass is 526 g/mol. The van der Waals surface area contributed by atoms with Crippen molar-refractivity contribution in [2.24, 2.45) is 0 Å². The molecule has 15 N–H and O–H groups in total. The van der Waals surface area contributed by atoms with Crippen molar-refractivity contribution in [3.05, 3.63) is 41.7 Å². The Balaban J connectivity index is 0. The third-order valence-electron chi connectivity index (χ3n) is 4.72. The summed E-state index contributed by atoms with van der Waals surface area (Å²) in [6, 6.07) is 5.16.